The van der Waals surface area contributed by atoms with Crippen molar-refractivity contribution in [2.24, 2.45) is 10.7 Å². The number of guanidine groups is 1. The highest BCUT2D eigenvalue weighted by Gasteiger charge is 2.31. The van der Waals surface area contributed by atoms with Crippen molar-refractivity contribution in [3.63, 3.8) is 0 Å². The Kier molecular flexibility index (Phi) is 2.20. The number of nitriles is 1. The molecule has 1 atom stereocenters. The zero-order valence-corrected chi connectivity index (χ0v) is 9.13. The topological polar surface area (TPSA) is 87.5 Å². The molecule has 1 aromatic heterocycles. The number of hydrogen-bond acceptors (Lipinski definition) is 6. The summed E-state index contributed by atoms with van der Waals surface area (Å²) in [4.78, 5) is 10.3. The van der Waals surface area contributed by atoms with Crippen LogP contribution in [-0.4, -0.2) is 35.6 Å². The molecule has 2 aliphatic rings. The van der Waals surface area contributed by atoms with Gasteiger partial charge in [0, 0.05) is 12.1 Å². The zero-order chi connectivity index (χ0) is 11.8. The Balaban J connectivity index is 2.12. The van der Waals surface area contributed by atoms with Crippen LogP contribution in [0, 0.1) is 11.3 Å². The number of aromatic nitrogens is 1. The van der Waals surface area contributed by atoms with Crippen molar-refractivity contribution >= 4 is 11.6 Å². The smallest absolute Gasteiger partial charge is 0.197 e. The van der Waals surface area contributed by atoms with E-state index >= 15 is 0 Å². The summed E-state index contributed by atoms with van der Waals surface area (Å²) in [6, 6.07) is 3.84. The van der Waals surface area contributed by atoms with Gasteiger partial charge in [0.25, 0.3) is 0 Å². The number of nitrogens with zero attached hydrogens (tertiary/aromatic N) is 4. The second-order valence-electron chi connectivity index (χ2n) is 3.99. The fourth-order valence-electron chi connectivity index (χ4n) is 2.21. The first-order chi connectivity index (χ1) is 8.29. The molecule has 6 heteroatoms. The van der Waals surface area contributed by atoms with Gasteiger partial charge in [-0.05, 0) is 6.07 Å². The van der Waals surface area contributed by atoms with Crippen molar-refractivity contribution in [1.82, 2.24) is 9.88 Å². The Bertz CT molecular complexity index is 533. The molecule has 3 heterocycles. The van der Waals surface area contributed by atoms with Crippen molar-refractivity contribution in [3.8, 4) is 6.07 Å². The van der Waals surface area contributed by atoms with E-state index in [9.17, 15) is 0 Å². The number of hydrogen-bond donors (Lipinski definition) is 1. The summed E-state index contributed by atoms with van der Waals surface area (Å²) in [5.74, 6) is 0.498. The van der Waals surface area contributed by atoms with E-state index in [1.165, 1.54) is 0 Å². The third-order valence-electron chi connectivity index (χ3n) is 3.05. The van der Waals surface area contributed by atoms with Gasteiger partial charge in [0.15, 0.2) is 5.96 Å². The Morgan fingerprint density at radius 1 is 1.59 bits per heavy atom. The van der Waals surface area contributed by atoms with Crippen molar-refractivity contribution < 1.29 is 4.74 Å². The molecule has 0 radical (unpaired) electrons. The predicted octanol–water partition coefficient (Wildman–Crippen LogP) is 0.286. The van der Waals surface area contributed by atoms with E-state index in [1.54, 1.807) is 12.3 Å². The van der Waals surface area contributed by atoms with Crippen LogP contribution in [0.25, 0.3) is 0 Å². The maximum Gasteiger partial charge on any atom is 0.197 e. The van der Waals surface area contributed by atoms with Crippen LogP contribution in [0.5, 0.6) is 0 Å². The number of aliphatic imine (C=N–C) groups is 1. The van der Waals surface area contributed by atoms with Crippen molar-refractivity contribution in [2.75, 3.05) is 19.8 Å². The molecule has 0 aliphatic carbocycles. The van der Waals surface area contributed by atoms with E-state index in [-0.39, 0.29) is 6.04 Å². The highest BCUT2D eigenvalue weighted by Crippen LogP contribution is 2.35. The number of nitrogens with two attached hydrogens (primary N) is 1. The minimum absolute atomic E-state index is 0.0475. The number of morpholine rings is 1. The Morgan fingerprint density at radius 2 is 2.47 bits per heavy atom. The number of ether oxygens (including phenoxy) is 1. The first-order valence-electron chi connectivity index (χ1n) is 5.38. The molecule has 0 saturated carbocycles. The molecule has 0 unspecified atom stereocenters. The fourth-order valence-corrected chi connectivity index (χ4v) is 2.21. The number of fused-ring (bicyclic) bond motifs is 3. The molecule has 1 aromatic rings. The normalized spacial score (nSPS) is 22.2. The number of rotatable bonds is 0. The average molecular weight is 229 g/mol. The summed E-state index contributed by atoms with van der Waals surface area (Å²) in [5, 5.41) is 8.87. The summed E-state index contributed by atoms with van der Waals surface area (Å²) in [6.07, 6.45) is 1.59. The fraction of sp³-hybridized carbons (Fsp3) is 0.364. The van der Waals surface area contributed by atoms with Crippen molar-refractivity contribution in [3.05, 3.63) is 23.5 Å². The van der Waals surface area contributed by atoms with E-state index in [1.807, 2.05) is 11.0 Å². The lowest BCUT2D eigenvalue weighted by atomic mass is 10.0. The second kappa shape index (κ2) is 3.71. The van der Waals surface area contributed by atoms with Gasteiger partial charge in [-0.3, -0.25) is 0 Å². The molecular weight excluding hydrogens is 218 g/mol. The van der Waals surface area contributed by atoms with Crippen LogP contribution < -0.4 is 5.73 Å². The van der Waals surface area contributed by atoms with Gasteiger partial charge in [-0.2, -0.15) is 5.26 Å². The summed E-state index contributed by atoms with van der Waals surface area (Å²) in [6.45, 7) is 1.94. The molecule has 2 N–H and O–H groups in total. The monoisotopic (exact) mass is 229 g/mol. The Labute approximate surface area is 98.3 Å². The third-order valence-corrected chi connectivity index (χ3v) is 3.05. The second-order valence-corrected chi connectivity index (χ2v) is 3.99. The summed E-state index contributed by atoms with van der Waals surface area (Å²) >= 11 is 0. The van der Waals surface area contributed by atoms with Crippen LogP contribution in [0.4, 0.5) is 5.69 Å². The van der Waals surface area contributed by atoms with Crippen LogP contribution in [0.3, 0.4) is 0 Å². The molecule has 86 valence electrons. The molecule has 3 rings (SSSR count). The molecule has 1 fully saturated rings. The maximum atomic E-state index is 8.87. The van der Waals surface area contributed by atoms with Gasteiger partial charge in [0.05, 0.1) is 31.1 Å². The summed E-state index contributed by atoms with van der Waals surface area (Å²) in [5.41, 5.74) is 7.99. The Morgan fingerprint density at radius 3 is 3.29 bits per heavy atom. The third kappa shape index (κ3) is 1.52. The highest BCUT2D eigenvalue weighted by molar-refractivity contribution is 5.84. The predicted molar refractivity (Wildman–Crippen MR) is 60.5 cm³/mol. The quantitative estimate of drug-likeness (QED) is 0.690. The molecular formula is C11H11N5O. The van der Waals surface area contributed by atoms with Crippen molar-refractivity contribution in [1.29, 1.82) is 5.26 Å². The lowest BCUT2D eigenvalue weighted by Gasteiger charge is -2.39. The summed E-state index contributed by atoms with van der Waals surface area (Å²) in [7, 11) is 0. The zero-order valence-electron chi connectivity index (χ0n) is 9.13. The highest BCUT2D eigenvalue weighted by atomic mass is 16.5. The molecule has 0 amide bonds. The molecule has 6 nitrogen and oxygen atoms in total. The van der Waals surface area contributed by atoms with E-state index < -0.39 is 0 Å². The van der Waals surface area contributed by atoms with Gasteiger partial charge < -0.3 is 15.4 Å². The van der Waals surface area contributed by atoms with Gasteiger partial charge in [-0.1, -0.05) is 0 Å². The molecule has 2 aliphatic heterocycles. The summed E-state index contributed by atoms with van der Waals surface area (Å²) < 4.78 is 5.46. The van der Waals surface area contributed by atoms with E-state index in [4.69, 9.17) is 15.7 Å². The first kappa shape index (κ1) is 10.1. The van der Waals surface area contributed by atoms with Gasteiger partial charge >= 0.3 is 0 Å². The number of pyridine rings is 1. The van der Waals surface area contributed by atoms with Crippen LogP contribution >= 0.6 is 0 Å². The van der Waals surface area contributed by atoms with Gasteiger partial charge in [-0.15, -0.1) is 0 Å². The van der Waals surface area contributed by atoms with Crippen LogP contribution in [0.15, 0.2) is 17.3 Å². The largest absolute Gasteiger partial charge is 0.377 e. The molecule has 17 heavy (non-hydrogen) atoms. The van der Waals surface area contributed by atoms with Crippen molar-refractivity contribution in [2.45, 2.75) is 6.04 Å². The maximum absolute atomic E-state index is 8.87. The molecule has 0 spiro atoms. The van der Waals surface area contributed by atoms with E-state index in [0.29, 0.717) is 24.9 Å². The molecule has 0 bridgehead atoms. The van der Waals surface area contributed by atoms with Crippen LogP contribution in [0.1, 0.15) is 17.3 Å². The molecule has 0 aromatic carbocycles. The lowest BCUT2D eigenvalue weighted by Crippen LogP contribution is -2.48. The van der Waals surface area contributed by atoms with E-state index in [0.717, 1.165) is 17.8 Å². The first-order valence-corrected chi connectivity index (χ1v) is 5.38. The average Bonchev–Trinajstić information content (AvgIpc) is 2.39. The van der Waals surface area contributed by atoms with Gasteiger partial charge in [0.1, 0.15) is 11.8 Å². The Hall–Kier alpha value is -2.13. The lowest BCUT2D eigenvalue weighted by molar-refractivity contribution is 0.0241. The van der Waals surface area contributed by atoms with Crippen LogP contribution in [-0.2, 0) is 4.74 Å². The minimum atomic E-state index is 0.0475. The van der Waals surface area contributed by atoms with Gasteiger partial charge in [-0.25, -0.2) is 9.98 Å². The van der Waals surface area contributed by atoms with E-state index in [2.05, 4.69) is 9.98 Å². The van der Waals surface area contributed by atoms with Gasteiger partial charge in [0.2, 0.25) is 0 Å². The standard InChI is InChI=1S/C11H11N5O/c12-4-7-3-8-9(5-14-7)15-11(13)16-1-2-17-6-10(8)16/h3,5,10H,1-2,6H2,(H2,13,15)/t10-/m1/s1. The van der Waals surface area contributed by atoms with Crippen LogP contribution in [0.2, 0.25) is 0 Å². The molecule has 1 saturated heterocycles. The SMILES string of the molecule is N#Cc1cc2c(cn1)N=C(N)N1CCOC[C@H]21. The minimum Gasteiger partial charge on any atom is -0.377 e.